The summed E-state index contributed by atoms with van der Waals surface area (Å²) in [7, 11) is 0. The SMILES string of the molecule is CCNC(C(N)=O)c1ccc(Br)c(F)c1. The van der Waals surface area contributed by atoms with E-state index in [0.717, 1.165) is 0 Å². The third-order valence-corrected chi connectivity index (χ3v) is 2.61. The van der Waals surface area contributed by atoms with Crippen molar-refractivity contribution < 1.29 is 9.18 Å². The van der Waals surface area contributed by atoms with Gasteiger partial charge in [-0.1, -0.05) is 13.0 Å². The van der Waals surface area contributed by atoms with Gasteiger partial charge in [0, 0.05) is 0 Å². The van der Waals surface area contributed by atoms with E-state index < -0.39 is 17.8 Å². The molecule has 3 nitrogen and oxygen atoms in total. The first-order chi connectivity index (χ1) is 7.06. The lowest BCUT2D eigenvalue weighted by Crippen LogP contribution is -2.33. The molecule has 0 aliphatic carbocycles. The highest BCUT2D eigenvalue weighted by Crippen LogP contribution is 2.20. The van der Waals surface area contributed by atoms with Gasteiger partial charge < -0.3 is 11.1 Å². The molecule has 1 aromatic rings. The summed E-state index contributed by atoms with van der Waals surface area (Å²) < 4.78 is 13.6. The summed E-state index contributed by atoms with van der Waals surface area (Å²) in [5, 5.41) is 2.89. The maximum atomic E-state index is 13.2. The van der Waals surface area contributed by atoms with Crippen LogP contribution in [0.2, 0.25) is 0 Å². The molecule has 15 heavy (non-hydrogen) atoms. The lowest BCUT2D eigenvalue weighted by Gasteiger charge is -2.14. The van der Waals surface area contributed by atoms with Crippen LogP contribution in [0.5, 0.6) is 0 Å². The number of hydrogen-bond acceptors (Lipinski definition) is 2. The molecule has 0 bridgehead atoms. The van der Waals surface area contributed by atoms with E-state index >= 15 is 0 Å². The lowest BCUT2D eigenvalue weighted by molar-refractivity contribution is -0.120. The van der Waals surface area contributed by atoms with Crippen LogP contribution in [0.1, 0.15) is 18.5 Å². The minimum absolute atomic E-state index is 0.367. The molecule has 0 aliphatic heterocycles. The van der Waals surface area contributed by atoms with Crippen molar-refractivity contribution in [1.29, 1.82) is 0 Å². The van der Waals surface area contributed by atoms with Crippen LogP contribution in [0, 0.1) is 5.82 Å². The quantitative estimate of drug-likeness (QED) is 0.879. The number of carbonyl (C=O) groups excluding carboxylic acids is 1. The largest absolute Gasteiger partial charge is 0.368 e. The van der Waals surface area contributed by atoms with Crippen molar-refractivity contribution in [2.24, 2.45) is 5.73 Å². The molecular formula is C10H12BrFN2O. The van der Waals surface area contributed by atoms with Crippen LogP contribution in [0.25, 0.3) is 0 Å². The van der Waals surface area contributed by atoms with Crippen molar-refractivity contribution in [3.05, 3.63) is 34.1 Å². The van der Waals surface area contributed by atoms with Crippen LogP contribution < -0.4 is 11.1 Å². The maximum absolute atomic E-state index is 13.2. The Hall–Kier alpha value is -0.940. The normalized spacial score (nSPS) is 12.5. The summed E-state index contributed by atoms with van der Waals surface area (Å²) in [6.45, 7) is 2.44. The first-order valence-electron chi connectivity index (χ1n) is 4.54. The molecule has 0 spiro atoms. The Morgan fingerprint density at radius 1 is 1.67 bits per heavy atom. The first-order valence-corrected chi connectivity index (χ1v) is 5.33. The average molecular weight is 275 g/mol. The fraction of sp³-hybridized carbons (Fsp3) is 0.300. The second-order valence-electron chi connectivity index (χ2n) is 3.07. The molecule has 1 amide bonds. The summed E-state index contributed by atoms with van der Waals surface area (Å²) in [4.78, 5) is 11.1. The fourth-order valence-corrected chi connectivity index (χ4v) is 1.53. The molecule has 1 aromatic carbocycles. The zero-order chi connectivity index (χ0) is 11.4. The topological polar surface area (TPSA) is 55.1 Å². The summed E-state index contributed by atoms with van der Waals surface area (Å²) in [6.07, 6.45) is 0. The van der Waals surface area contributed by atoms with E-state index in [1.54, 1.807) is 12.1 Å². The van der Waals surface area contributed by atoms with E-state index in [0.29, 0.717) is 16.6 Å². The molecule has 5 heteroatoms. The summed E-state index contributed by atoms with van der Waals surface area (Å²) in [5.74, 6) is -0.921. The molecule has 82 valence electrons. The Kier molecular flexibility index (Phi) is 4.23. The molecule has 1 atom stereocenters. The number of halogens is 2. The number of nitrogens with one attached hydrogen (secondary N) is 1. The Morgan fingerprint density at radius 3 is 2.80 bits per heavy atom. The van der Waals surface area contributed by atoms with Crippen molar-refractivity contribution in [1.82, 2.24) is 5.32 Å². The lowest BCUT2D eigenvalue weighted by atomic mass is 10.1. The fourth-order valence-electron chi connectivity index (χ4n) is 1.28. The number of likely N-dealkylation sites (N-methyl/N-ethyl adjacent to an activating group) is 1. The van der Waals surface area contributed by atoms with Gasteiger partial charge in [0.2, 0.25) is 5.91 Å². The van der Waals surface area contributed by atoms with E-state index in [9.17, 15) is 9.18 Å². The minimum Gasteiger partial charge on any atom is -0.368 e. The monoisotopic (exact) mass is 274 g/mol. The Bertz CT molecular complexity index is 370. The zero-order valence-electron chi connectivity index (χ0n) is 8.26. The van der Waals surface area contributed by atoms with Gasteiger partial charge in [0.25, 0.3) is 0 Å². The molecule has 0 saturated heterocycles. The minimum atomic E-state index is -0.641. The van der Waals surface area contributed by atoms with Gasteiger partial charge in [-0.15, -0.1) is 0 Å². The van der Waals surface area contributed by atoms with Crippen LogP contribution in [0.4, 0.5) is 4.39 Å². The van der Waals surface area contributed by atoms with Crippen molar-refractivity contribution >= 4 is 21.8 Å². The first kappa shape index (κ1) is 12.1. The highest BCUT2D eigenvalue weighted by Gasteiger charge is 2.17. The molecule has 0 fully saturated rings. The number of carbonyl (C=O) groups is 1. The molecule has 0 heterocycles. The number of hydrogen-bond donors (Lipinski definition) is 2. The zero-order valence-corrected chi connectivity index (χ0v) is 9.84. The van der Waals surface area contributed by atoms with E-state index in [4.69, 9.17) is 5.73 Å². The number of benzene rings is 1. The van der Waals surface area contributed by atoms with Crippen molar-refractivity contribution in [3.63, 3.8) is 0 Å². The number of rotatable bonds is 4. The second-order valence-corrected chi connectivity index (χ2v) is 3.92. The maximum Gasteiger partial charge on any atom is 0.239 e. The van der Waals surface area contributed by atoms with Crippen LogP contribution in [-0.4, -0.2) is 12.5 Å². The molecule has 3 N–H and O–H groups in total. The number of primary amides is 1. The van der Waals surface area contributed by atoms with Gasteiger partial charge in [0.15, 0.2) is 0 Å². The standard InChI is InChI=1S/C10H12BrFN2O/c1-2-14-9(10(13)15)6-3-4-7(11)8(12)5-6/h3-5,9,14H,2H2,1H3,(H2,13,15). The molecular weight excluding hydrogens is 263 g/mol. The second kappa shape index (κ2) is 5.23. The van der Waals surface area contributed by atoms with E-state index in [2.05, 4.69) is 21.2 Å². The average Bonchev–Trinajstić information content (AvgIpc) is 2.18. The molecule has 1 unspecified atom stereocenters. The molecule has 0 saturated carbocycles. The Balaban J connectivity index is 3.01. The van der Waals surface area contributed by atoms with Crippen molar-refractivity contribution in [2.45, 2.75) is 13.0 Å². The van der Waals surface area contributed by atoms with Crippen LogP contribution >= 0.6 is 15.9 Å². The summed E-state index contributed by atoms with van der Waals surface area (Å²) >= 11 is 3.04. The Labute approximate surface area is 96.0 Å². The van der Waals surface area contributed by atoms with Crippen molar-refractivity contribution in [3.8, 4) is 0 Å². The predicted octanol–water partition coefficient (Wildman–Crippen LogP) is 1.72. The highest BCUT2D eigenvalue weighted by molar-refractivity contribution is 9.10. The van der Waals surface area contributed by atoms with E-state index in [1.165, 1.54) is 6.07 Å². The van der Waals surface area contributed by atoms with Gasteiger partial charge in [-0.2, -0.15) is 0 Å². The third-order valence-electron chi connectivity index (χ3n) is 1.97. The van der Waals surface area contributed by atoms with Crippen LogP contribution in [-0.2, 0) is 4.79 Å². The van der Waals surface area contributed by atoms with Crippen molar-refractivity contribution in [2.75, 3.05) is 6.54 Å². The molecule has 0 aromatic heterocycles. The number of nitrogens with two attached hydrogens (primary N) is 1. The summed E-state index contributed by atoms with van der Waals surface area (Å²) in [6, 6.07) is 3.86. The van der Waals surface area contributed by atoms with E-state index in [-0.39, 0.29) is 0 Å². The van der Waals surface area contributed by atoms with Crippen LogP contribution in [0.15, 0.2) is 22.7 Å². The van der Waals surface area contributed by atoms with Gasteiger partial charge in [-0.05, 0) is 40.2 Å². The van der Waals surface area contributed by atoms with Crippen LogP contribution in [0.3, 0.4) is 0 Å². The number of amides is 1. The van der Waals surface area contributed by atoms with Gasteiger partial charge in [-0.25, -0.2) is 4.39 Å². The molecule has 0 aliphatic rings. The third kappa shape index (κ3) is 3.00. The van der Waals surface area contributed by atoms with Gasteiger partial charge >= 0.3 is 0 Å². The smallest absolute Gasteiger partial charge is 0.239 e. The summed E-state index contributed by atoms with van der Waals surface area (Å²) in [5.41, 5.74) is 5.74. The predicted molar refractivity (Wildman–Crippen MR) is 59.7 cm³/mol. The molecule has 1 rings (SSSR count). The van der Waals surface area contributed by atoms with Gasteiger partial charge in [0.05, 0.1) is 4.47 Å². The van der Waals surface area contributed by atoms with Gasteiger partial charge in [0.1, 0.15) is 11.9 Å². The van der Waals surface area contributed by atoms with Gasteiger partial charge in [-0.3, -0.25) is 4.79 Å². The Morgan fingerprint density at radius 2 is 2.33 bits per heavy atom. The molecule has 0 radical (unpaired) electrons. The van der Waals surface area contributed by atoms with E-state index in [1.807, 2.05) is 6.92 Å². The highest BCUT2D eigenvalue weighted by atomic mass is 79.9.